The molecule has 1 aliphatic rings. The fourth-order valence-corrected chi connectivity index (χ4v) is 2.72. The molecule has 2 aromatic rings. The zero-order chi connectivity index (χ0) is 16.9. The van der Waals surface area contributed by atoms with E-state index in [-0.39, 0.29) is 19.1 Å². The molecule has 0 atom stereocenters. The molecule has 0 radical (unpaired) electrons. The molecule has 0 aliphatic carbocycles. The molecule has 1 amide bonds. The highest BCUT2D eigenvalue weighted by Gasteiger charge is 2.25. The molecule has 3 rings (SSSR count). The van der Waals surface area contributed by atoms with Crippen LogP contribution in [0, 0.1) is 0 Å². The van der Waals surface area contributed by atoms with Crippen molar-refractivity contribution in [2.75, 3.05) is 24.6 Å². The van der Waals surface area contributed by atoms with Gasteiger partial charge in [0.1, 0.15) is 12.4 Å². The average molecular weight is 326 g/mol. The zero-order valence-corrected chi connectivity index (χ0v) is 13.2. The third kappa shape index (κ3) is 3.31. The Labute approximate surface area is 140 Å². The molecule has 0 aromatic heterocycles. The number of hydrogen-bond acceptors (Lipinski definition) is 3. The quantitative estimate of drug-likeness (QED) is 0.919. The monoisotopic (exact) mass is 326 g/mol. The van der Waals surface area contributed by atoms with Gasteiger partial charge in [-0.05, 0) is 42.3 Å². The van der Waals surface area contributed by atoms with Crippen molar-refractivity contribution >= 4 is 11.6 Å². The summed E-state index contributed by atoms with van der Waals surface area (Å²) < 4.78 is 18.1. The van der Waals surface area contributed by atoms with E-state index >= 15 is 0 Å². The fraction of sp³-hybridized carbons (Fsp3) is 0.211. The van der Waals surface area contributed by atoms with E-state index in [1.165, 1.54) is 0 Å². The molecule has 1 aliphatic heterocycles. The van der Waals surface area contributed by atoms with Gasteiger partial charge in [0, 0.05) is 29.9 Å². The number of carbonyl (C=O) groups is 1. The van der Waals surface area contributed by atoms with E-state index in [0.717, 1.165) is 17.7 Å². The van der Waals surface area contributed by atoms with E-state index in [1.807, 2.05) is 36.4 Å². The van der Waals surface area contributed by atoms with E-state index in [2.05, 4.69) is 0 Å². The normalized spacial score (nSPS) is 14.5. The van der Waals surface area contributed by atoms with Crippen LogP contribution in [0.25, 0.3) is 0 Å². The molecule has 2 N–H and O–H groups in total. The van der Waals surface area contributed by atoms with Crippen molar-refractivity contribution in [1.29, 1.82) is 0 Å². The van der Waals surface area contributed by atoms with Gasteiger partial charge < -0.3 is 15.4 Å². The molecule has 0 saturated carbocycles. The number of ether oxygens (including phenoxy) is 1. The number of fused-ring (bicyclic) bond motifs is 1. The van der Waals surface area contributed by atoms with Crippen molar-refractivity contribution in [3.8, 4) is 5.75 Å². The largest absolute Gasteiger partial charge is 0.489 e. The van der Waals surface area contributed by atoms with Gasteiger partial charge in [0.15, 0.2) is 0 Å². The Kier molecular flexibility index (Phi) is 4.91. The lowest BCUT2D eigenvalue weighted by molar-refractivity contribution is 0.0980. The molecule has 1 heterocycles. The number of nitrogens with zero attached hydrogens (tertiary/aromatic N) is 1. The topological polar surface area (TPSA) is 55.6 Å². The summed E-state index contributed by atoms with van der Waals surface area (Å²) in [5.41, 5.74) is 8.32. The van der Waals surface area contributed by atoms with Crippen molar-refractivity contribution < 1.29 is 13.9 Å². The smallest absolute Gasteiger partial charge is 0.258 e. The summed E-state index contributed by atoms with van der Waals surface area (Å²) in [6, 6.07) is 15.0. The number of amides is 1. The molecule has 0 bridgehead atoms. The number of halogens is 1. The number of carbonyl (C=O) groups excluding carboxylic acids is 1. The van der Waals surface area contributed by atoms with Gasteiger partial charge >= 0.3 is 0 Å². The Morgan fingerprint density at radius 3 is 2.75 bits per heavy atom. The Balaban J connectivity index is 1.77. The van der Waals surface area contributed by atoms with Crippen LogP contribution in [0.15, 0.2) is 60.4 Å². The lowest BCUT2D eigenvalue weighted by Crippen LogP contribution is -2.37. The molecular weight excluding hydrogens is 307 g/mol. The molecular formula is C19H19FN2O2. The second kappa shape index (κ2) is 7.27. The van der Waals surface area contributed by atoms with Crippen molar-refractivity contribution in [2.45, 2.75) is 6.42 Å². The highest BCUT2D eigenvalue weighted by Crippen LogP contribution is 2.27. The van der Waals surface area contributed by atoms with Gasteiger partial charge in [0.2, 0.25) is 0 Å². The van der Waals surface area contributed by atoms with Crippen LogP contribution in [-0.2, 0) is 6.42 Å². The van der Waals surface area contributed by atoms with Gasteiger partial charge in [-0.25, -0.2) is 4.39 Å². The average Bonchev–Trinajstić information content (AvgIpc) is 2.63. The minimum atomic E-state index is -0.0136. The van der Waals surface area contributed by atoms with Crippen LogP contribution >= 0.6 is 0 Å². The lowest BCUT2D eigenvalue weighted by Gasteiger charge is -2.29. The molecule has 2 aromatic carbocycles. The van der Waals surface area contributed by atoms with E-state index in [1.54, 1.807) is 17.0 Å². The van der Waals surface area contributed by atoms with E-state index in [4.69, 9.17) is 10.5 Å². The highest BCUT2D eigenvalue weighted by molar-refractivity contribution is 6.08. The Hall–Kier alpha value is -2.66. The summed E-state index contributed by atoms with van der Waals surface area (Å²) >= 11 is 0. The van der Waals surface area contributed by atoms with Gasteiger partial charge in [0.05, 0.1) is 6.33 Å². The van der Waals surface area contributed by atoms with Crippen molar-refractivity contribution in [3.05, 3.63) is 71.6 Å². The predicted molar refractivity (Wildman–Crippen MR) is 92.0 cm³/mol. The van der Waals surface area contributed by atoms with Gasteiger partial charge in [-0.2, -0.15) is 0 Å². The van der Waals surface area contributed by atoms with Crippen LogP contribution in [0.3, 0.4) is 0 Å². The second-order valence-corrected chi connectivity index (χ2v) is 5.62. The number of nitrogens with two attached hydrogens (primary N) is 1. The van der Waals surface area contributed by atoms with Crippen LogP contribution in [0.2, 0.25) is 0 Å². The maximum Gasteiger partial charge on any atom is 0.258 e. The molecule has 4 nitrogen and oxygen atoms in total. The van der Waals surface area contributed by atoms with Crippen molar-refractivity contribution in [2.24, 2.45) is 5.73 Å². The summed E-state index contributed by atoms with van der Waals surface area (Å²) in [6.45, 7) is 0.847. The maximum absolute atomic E-state index is 12.7. The first-order valence-corrected chi connectivity index (χ1v) is 7.83. The Morgan fingerprint density at radius 2 is 2.04 bits per heavy atom. The van der Waals surface area contributed by atoms with Crippen molar-refractivity contribution in [3.63, 3.8) is 0 Å². The van der Waals surface area contributed by atoms with E-state index in [0.29, 0.717) is 29.8 Å². The first-order chi connectivity index (χ1) is 11.7. The van der Waals surface area contributed by atoms with Crippen LogP contribution in [-0.4, -0.2) is 25.6 Å². The maximum atomic E-state index is 12.7. The number of para-hydroxylation sites is 1. The molecule has 0 fully saturated rings. The van der Waals surface area contributed by atoms with Gasteiger partial charge in [-0.3, -0.25) is 4.79 Å². The fourth-order valence-electron chi connectivity index (χ4n) is 2.72. The van der Waals surface area contributed by atoms with Crippen LogP contribution in [0.5, 0.6) is 5.75 Å². The summed E-state index contributed by atoms with van der Waals surface area (Å²) in [6.07, 6.45) is 1.22. The summed E-state index contributed by atoms with van der Waals surface area (Å²) in [7, 11) is 0. The standard InChI is InChI=1S/C19H19FN2O2/c20-11-14(12-21)13-24-17-6-7-18-15(10-17)8-9-22(19(18)23)16-4-2-1-3-5-16/h1-7,10-11H,8-9,12-13,21H2/b14-11+. The molecule has 0 spiro atoms. The number of rotatable bonds is 5. The zero-order valence-electron chi connectivity index (χ0n) is 13.2. The summed E-state index contributed by atoms with van der Waals surface area (Å²) in [4.78, 5) is 14.5. The van der Waals surface area contributed by atoms with Crippen LogP contribution < -0.4 is 15.4 Å². The first-order valence-electron chi connectivity index (χ1n) is 7.83. The lowest BCUT2D eigenvalue weighted by atomic mass is 9.98. The number of anilines is 1. The number of hydrogen-bond donors (Lipinski definition) is 1. The van der Waals surface area contributed by atoms with Crippen LogP contribution in [0.1, 0.15) is 15.9 Å². The highest BCUT2D eigenvalue weighted by atomic mass is 19.1. The van der Waals surface area contributed by atoms with Gasteiger partial charge in [-0.1, -0.05) is 18.2 Å². The Morgan fingerprint density at radius 1 is 1.25 bits per heavy atom. The molecule has 124 valence electrons. The first kappa shape index (κ1) is 16.2. The molecule has 0 unspecified atom stereocenters. The van der Waals surface area contributed by atoms with Gasteiger partial charge in [0.25, 0.3) is 5.91 Å². The minimum absolute atomic E-state index is 0.0136. The molecule has 0 saturated heterocycles. The van der Waals surface area contributed by atoms with Crippen molar-refractivity contribution in [1.82, 2.24) is 0 Å². The second-order valence-electron chi connectivity index (χ2n) is 5.62. The van der Waals surface area contributed by atoms with Crippen LogP contribution in [0.4, 0.5) is 10.1 Å². The summed E-state index contributed by atoms with van der Waals surface area (Å²) in [5.74, 6) is 0.600. The minimum Gasteiger partial charge on any atom is -0.489 e. The third-order valence-electron chi connectivity index (χ3n) is 4.07. The summed E-state index contributed by atoms with van der Waals surface area (Å²) in [5, 5.41) is 0. The van der Waals surface area contributed by atoms with Gasteiger partial charge in [-0.15, -0.1) is 0 Å². The molecule has 24 heavy (non-hydrogen) atoms. The van der Waals surface area contributed by atoms with E-state index < -0.39 is 0 Å². The van der Waals surface area contributed by atoms with E-state index in [9.17, 15) is 9.18 Å². The molecule has 5 heteroatoms. The third-order valence-corrected chi connectivity index (χ3v) is 4.07. The SMILES string of the molecule is NC/C(=C\F)COc1ccc2c(c1)CCN(c1ccccc1)C2=O. The number of benzene rings is 2. The predicted octanol–water partition coefficient (Wildman–Crippen LogP) is 3.08. The Bertz CT molecular complexity index is 759.